The third-order valence-electron chi connectivity index (χ3n) is 2.80. The maximum Gasteiger partial charge on any atom is 0.451 e. The van der Waals surface area contributed by atoms with Crippen molar-refractivity contribution in [1.82, 2.24) is 24.7 Å². The van der Waals surface area contributed by atoms with Gasteiger partial charge in [-0.3, -0.25) is 0 Å². The van der Waals surface area contributed by atoms with E-state index in [0.717, 1.165) is 0 Å². The lowest BCUT2D eigenvalue weighted by Crippen LogP contribution is -2.12. The van der Waals surface area contributed by atoms with Gasteiger partial charge in [-0.2, -0.15) is 13.2 Å². The molecule has 0 aliphatic rings. The lowest BCUT2D eigenvalue weighted by Gasteiger charge is -2.08. The van der Waals surface area contributed by atoms with Crippen LogP contribution < -0.4 is 5.73 Å². The average molecular weight is 318 g/mol. The number of rotatable bonds is 4. The average Bonchev–Trinajstić information content (AvgIpc) is 2.77. The molecule has 6 nitrogen and oxygen atoms in total. The highest BCUT2D eigenvalue weighted by Crippen LogP contribution is 2.27. The first-order chi connectivity index (χ1) is 9.82. The van der Waals surface area contributed by atoms with Gasteiger partial charge < -0.3 is 10.3 Å². The molecule has 0 bridgehead atoms. The van der Waals surface area contributed by atoms with Gasteiger partial charge in [-0.15, -0.1) is 10.2 Å². The molecule has 0 saturated carbocycles. The van der Waals surface area contributed by atoms with Gasteiger partial charge in [0.1, 0.15) is 5.82 Å². The lowest BCUT2D eigenvalue weighted by molar-refractivity contribution is -0.145. The molecule has 21 heavy (non-hydrogen) atoms. The fourth-order valence-corrected chi connectivity index (χ4v) is 2.53. The van der Waals surface area contributed by atoms with Gasteiger partial charge in [-0.1, -0.05) is 11.8 Å². The monoisotopic (exact) mass is 318 g/mol. The number of nitrogens with zero attached hydrogens (tertiary/aromatic N) is 5. The highest BCUT2D eigenvalue weighted by atomic mass is 32.2. The molecule has 0 aliphatic carbocycles. The summed E-state index contributed by atoms with van der Waals surface area (Å²) in [7, 11) is 1.78. The Morgan fingerprint density at radius 3 is 2.57 bits per heavy atom. The summed E-state index contributed by atoms with van der Waals surface area (Å²) >= 11 is 1.34. The Balaban J connectivity index is 2.12. The van der Waals surface area contributed by atoms with Crippen molar-refractivity contribution < 1.29 is 13.2 Å². The van der Waals surface area contributed by atoms with Crippen LogP contribution in [0.15, 0.2) is 11.4 Å². The van der Waals surface area contributed by atoms with Crippen molar-refractivity contribution in [1.29, 1.82) is 0 Å². The highest BCUT2D eigenvalue weighted by Gasteiger charge is 2.34. The molecule has 10 heteroatoms. The van der Waals surface area contributed by atoms with Crippen molar-refractivity contribution in [3.8, 4) is 0 Å². The predicted molar refractivity (Wildman–Crippen MR) is 70.2 cm³/mol. The van der Waals surface area contributed by atoms with Crippen LogP contribution in [-0.4, -0.2) is 24.7 Å². The largest absolute Gasteiger partial charge is 0.451 e. The molecule has 0 aromatic carbocycles. The molecule has 0 amide bonds. The second-order valence-electron chi connectivity index (χ2n) is 4.25. The van der Waals surface area contributed by atoms with Crippen LogP contribution in [-0.2, 0) is 25.5 Å². The van der Waals surface area contributed by atoms with Crippen molar-refractivity contribution in [3.63, 3.8) is 0 Å². The molecule has 2 heterocycles. The molecule has 0 aliphatic heterocycles. The SMILES string of the molecule is Cc1nc(C(F)(F)F)ncc1CSc1nnc(CN)n1C. The third kappa shape index (κ3) is 3.50. The molecule has 0 atom stereocenters. The van der Waals surface area contributed by atoms with Crippen LogP contribution in [0.1, 0.15) is 22.9 Å². The summed E-state index contributed by atoms with van der Waals surface area (Å²) in [6, 6.07) is 0. The van der Waals surface area contributed by atoms with E-state index in [9.17, 15) is 13.2 Å². The lowest BCUT2D eigenvalue weighted by atomic mass is 10.3. The normalized spacial score (nSPS) is 11.9. The van der Waals surface area contributed by atoms with Crippen LogP contribution in [0.3, 0.4) is 0 Å². The Bertz CT molecular complexity index is 639. The van der Waals surface area contributed by atoms with Crippen molar-refractivity contribution >= 4 is 11.8 Å². The van der Waals surface area contributed by atoms with E-state index >= 15 is 0 Å². The molecule has 2 rings (SSSR count). The van der Waals surface area contributed by atoms with E-state index in [-0.39, 0.29) is 6.54 Å². The molecule has 114 valence electrons. The van der Waals surface area contributed by atoms with E-state index in [0.29, 0.717) is 28.0 Å². The number of alkyl halides is 3. The van der Waals surface area contributed by atoms with Gasteiger partial charge in [-0.25, -0.2) is 9.97 Å². The molecular weight excluding hydrogens is 305 g/mol. The van der Waals surface area contributed by atoms with E-state index < -0.39 is 12.0 Å². The van der Waals surface area contributed by atoms with Crippen LogP contribution in [0.2, 0.25) is 0 Å². The first-order valence-corrected chi connectivity index (χ1v) is 6.92. The third-order valence-corrected chi connectivity index (χ3v) is 3.87. The first-order valence-electron chi connectivity index (χ1n) is 5.93. The van der Waals surface area contributed by atoms with E-state index in [1.807, 2.05) is 0 Å². The van der Waals surface area contributed by atoms with Crippen LogP contribution in [0.5, 0.6) is 0 Å². The van der Waals surface area contributed by atoms with Crippen molar-refractivity contribution in [2.45, 2.75) is 30.6 Å². The van der Waals surface area contributed by atoms with Gasteiger partial charge in [0, 0.05) is 30.3 Å². The number of thioether (sulfide) groups is 1. The van der Waals surface area contributed by atoms with Crippen molar-refractivity contribution in [2.75, 3.05) is 0 Å². The zero-order valence-corrected chi connectivity index (χ0v) is 12.2. The van der Waals surface area contributed by atoms with E-state index in [4.69, 9.17) is 5.73 Å². The Morgan fingerprint density at radius 1 is 1.33 bits per heavy atom. The second-order valence-corrected chi connectivity index (χ2v) is 5.20. The van der Waals surface area contributed by atoms with Crippen LogP contribution in [0, 0.1) is 6.92 Å². The fourth-order valence-electron chi connectivity index (χ4n) is 1.56. The maximum atomic E-state index is 12.5. The molecule has 2 aromatic rings. The summed E-state index contributed by atoms with van der Waals surface area (Å²) in [5, 5.41) is 8.50. The summed E-state index contributed by atoms with van der Waals surface area (Å²) in [6.45, 7) is 1.79. The summed E-state index contributed by atoms with van der Waals surface area (Å²) < 4.78 is 39.2. The number of hydrogen-bond donors (Lipinski definition) is 1. The number of halogens is 3. The quantitative estimate of drug-likeness (QED) is 0.864. The van der Waals surface area contributed by atoms with Gasteiger partial charge in [-0.05, 0) is 6.92 Å². The molecule has 0 radical (unpaired) electrons. The van der Waals surface area contributed by atoms with Crippen LogP contribution in [0.4, 0.5) is 13.2 Å². The Kier molecular flexibility index (Phi) is 4.47. The Labute approximate surface area is 123 Å². The van der Waals surface area contributed by atoms with E-state index in [1.165, 1.54) is 24.9 Å². The number of aryl methyl sites for hydroxylation is 1. The summed E-state index contributed by atoms with van der Waals surface area (Å²) in [5.74, 6) is -0.0868. The number of nitrogens with two attached hydrogens (primary N) is 1. The Hall–Kier alpha value is -1.68. The van der Waals surface area contributed by atoms with Crippen molar-refractivity contribution in [2.24, 2.45) is 12.8 Å². The van der Waals surface area contributed by atoms with Crippen LogP contribution >= 0.6 is 11.8 Å². The van der Waals surface area contributed by atoms with E-state index in [2.05, 4.69) is 20.2 Å². The zero-order chi connectivity index (χ0) is 15.6. The van der Waals surface area contributed by atoms with Crippen LogP contribution in [0.25, 0.3) is 0 Å². The van der Waals surface area contributed by atoms with Crippen molar-refractivity contribution in [3.05, 3.63) is 29.1 Å². The molecular formula is C11H13F3N6S. The van der Waals surface area contributed by atoms with Gasteiger partial charge in [0.2, 0.25) is 5.82 Å². The molecule has 0 unspecified atom stereocenters. The zero-order valence-electron chi connectivity index (χ0n) is 11.3. The molecule has 2 aromatic heterocycles. The van der Waals surface area contributed by atoms with Gasteiger partial charge in [0.05, 0.1) is 6.54 Å². The topological polar surface area (TPSA) is 82.5 Å². The summed E-state index contributed by atoms with van der Waals surface area (Å²) in [4.78, 5) is 6.84. The molecule has 2 N–H and O–H groups in total. The second kappa shape index (κ2) is 5.98. The predicted octanol–water partition coefficient (Wildman–Crippen LogP) is 1.68. The Morgan fingerprint density at radius 2 is 2.05 bits per heavy atom. The van der Waals surface area contributed by atoms with Gasteiger partial charge in [0.15, 0.2) is 5.16 Å². The minimum absolute atomic E-state index is 0.270. The van der Waals surface area contributed by atoms with E-state index in [1.54, 1.807) is 11.6 Å². The summed E-state index contributed by atoms with van der Waals surface area (Å²) in [5.41, 5.74) is 6.41. The molecule has 0 fully saturated rings. The first kappa shape index (κ1) is 15.7. The maximum absolute atomic E-state index is 12.5. The molecule has 0 spiro atoms. The van der Waals surface area contributed by atoms with Gasteiger partial charge in [0.25, 0.3) is 0 Å². The number of hydrogen-bond acceptors (Lipinski definition) is 6. The van der Waals surface area contributed by atoms with Gasteiger partial charge >= 0.3 is 6.18 Å². The highest BCUT2D eigenvalue weighted by molar-refractivity contribution is 7.98. The molecule has 0 saturated heterocycles. The minimum atomic E-state index is -4.53. The number of aromatic nitrogens is 5. The smallest absolute Gasteiger partial charge is 0.324 e. The minimum Gasteiger partial charge on any atom is -0.324 e. The fraction of sp³-hybridized carbons (Fsp3) is 0.455. The summed E-state index contributed by atoms with van der Waals surface area (Å²) in [6.07, 6.45) is -3.34. The standard InChI is InChI=1S/C11H13F3N6S/c1-6-7(4-16-9(17-6)11(12,13)14)5-21-10-19-18-8(3-15)20(10)2/h4H,3,5,15H2,1-2H3.